The van der Waals surface area contributed by atoms with Crippen LogP contribution in [-0.2, 0) is 6.42 Å². The molecule has 0 saturated carbocycles. The van der Waals surface area contributed by atoms with Gasteiger partial charge in [0.15, 0.2) is 0 Å². The fourth-order valence-electron chi connectivity index (χ4n) is 2.52. The molecule has 1 aliphatic rings. The minimum atomic E-state index is 0.950. The zero-order chi connectivity index (χ0) is 12.5. The molecule has 1 nitrogen and oxygen atoms in total. The second kappa shape index (κ2) is 4.54. The van der Waals surface area contributed by atoms with Crippen LogP contribution in [0.1, 0.15) is 16.7 Å². The fraction of sp³-hybridized carbons (Fsp3) is 0.188. The largest absolute Gasteiger partial charge is 0.332 e. The van der Waals surface area contributed by atoms with Crippen molar-refractivity contribution in [2.45, 2.75) is 13.3 Å². The number of fused-ring (bicyclic) bond motifs is 1. The molecule has 2 aromatic carbocycles. The summed E-state index contributed by atoms with van der Waals surface area (Å²) in [5.41, 5.74) is 5.09. The van der Waals surface area contributed by atoms with Crippen LogP contribution in [0.4, 0.5) is 5.69 Å². The molecule has 2 heteroatoms. The fourth-order valence-corrected chi connectivity index (χ4v) is 2.91. The lowest BCUT2D eigenvalue weighted by Crippen LogP contribution is -2.37. The summed E-state index contributed by atoms with van der Waals surface area (Å²) in [6, 6.07) is 16.9. The van der Waals surface area contributed by atoms with Gasteiger partial charge in [0.2, 0.25) is 0 Å². The molecule has 0 unspecified atom stereocenters. The van der Waals surface area contributed by atoms with Crippen molar-refractivity contribution < 1.29 is 0 Å². The van der Waals surface area contributed by atoms with Crippen molar-refractivity contribution in [3.05, 3.63) is 65.2 Å². The Morgan fingerprint density at radius 1 is 1.00 bits per heavy atom. The van der Waals surface area contributed by atoms with Gasteiger partial charge in [-0.15, -0.1) is 0 Å². The third-order valence-corrected chi connectivity index (χ3v) is 3.94. The smallest absolute Gasteiger partial charge is 0.113 e. The standard InChI is InChI=1S/C16H15NS/c1-12-6-2-5-9-15(12)17-11-10-13-7-3-4-8-14(13)16(17)18/h2-9H,10-11H2,1H3. The Hall–Kier alpha value is -1.67. The van der Waals surface area contributed by atoms with E-state index in [0.717, 1.165) is 18.0 Å². The van der Waals surface area contributed by atoms with Gasteiger partial charge in [0.25, 0.3) is 0 Å². The van der Waals surface area contributed by atoms with E-state index in [1.54, 1.807) is 0 Å². The van der Waals surface area contributed by atoms with Crippen molar-refractivity contribution in [1.82, 2.24) is 0 Å². The van der Waals surface area contributed by atoms with Crippen molar-refractivity contribution in [3.63, 3.8) is 0 Å². The van der Waals surface area contributed by atoms with E-state index in [2.05, 4.69) is 60.4 Å². The van der Waals surface area contributed by atoms with Gasteiger partial charge in [0.1, 0.15) is 4.99 Å². The predicted octanol–water partition coefficient (Wildman–Crippen LogP) is 3.73. The van der Waals surface area contributed by atoms with Crippen molar-refractivity contribution in [1.29, 1.82) is 0 Å². The van der Waals surface area contributed by atoms with E-state index in [4.69, 9.17) is 12.2 Å². The summed E-state index contributed by atoms with van der Waals surface area (Å²) in [5, 5.41) is 0. The van der Waals surface area contributed by atoms with Crippen molar-refractivity contribution in [2.75, 3.05) is 11.4 Å². The minimum absolute atomic E-state index is 0.950. The molecule has 0 bridgehead atoms. The average molecular weight is 253 g/mol. The van der Waals surface area contributed by atoms with Crippen LogP contribution < -0.4 is 4.90 Å². The normalized spacial score (nSPS) is 14.5. The number of hydrogen-bond donors (Lipinski definition) is 0. The van der Waals surface area contributed by atoms with E-state index in [0.29, 0.717) is 0 Å². The Morgan fingerprint density at radius 2 is 1.72 bits per heavy atom. The van der Waals surface area contributed by atoms with Gasteiger partial charge in [-0.2, -0.15) is 0 Å². The zero-order valence-electron chi connectivity index (χ0n) is 10.4. The van der Waals surface area contributed by atoms with Gasteiger partial charge in [-0.3, -0.25) is 0 Å². The van der Waals surface area contributed by atoms with Gasteiger partial charge in [0.05, 0.1) is 0 Å². The topological polar surface area (TPSA) is 3.24 Å². The maximum Gasteiger partial charge on any atom is 0.113 e. The van der Waals surface area contributed by atoms with Crippen LogP contribution in [0.3, 0.4) is 0 Å². The number of hydrogen-bond acceptors (Lipinski definition) is 1. The van der Waals surface area contributed by atoms with Crippen LogP contribution in [0.5, 0.6) is 0 Å². The highest BCUT2D eigenvalue weighted by molar-refractivity contribution is 7.81. The summed E-state index contributed by atoms with van der Waals surface area (Å²) in [6.07, 6.45) is 1.06. The summed E-state index contributed by atoms with van der Waals surface area (Å²) < 4.78 is 0. The van der Waals surface area contributed by atoms with Gasteiger partial charge in [-0.1, -0.05) is 54.7 Å². The monoisotopic (exact) mass is 253 g/mol. The number of rotatable bonds is 1. The molecule has 0 radical (unpaired) electrons. The summed E-state index contributed by atoms with van der Waals surface area (Å²) in [5.74, 6) is 0. The first-order valence-electron chi connectivity index (χ1n) is 6.23. The minimum Gasteiger partial charge on any atom is -0.332 e. The number of para-hydroxylation sites is 1. The summed E-state index contributed by atoms with van der Waals surface area (Å²) in [7, 11) is 0. The highest BCUT2D eigenvalue weighted by Crippen LogP contribution is 2.27. The molecule has 0 saturated heterocycles. The van der Waals surface area contributed by atoms with E-state index in [9.17, 15) is 0 Å². The van der Waals surface area contributed by atoms with Gasteiger partial charge < -0.3 is 4.90 Å². The Morgan fingerprint density at radius 3 is 2.56 bits per heavy atom. The highest BCUT2D eigenvalue weighted by atomic mass is 32.1. The Bertz CT molecular complexity index is 604. The van der Waals surface area contributed by atoms with Crippen LogP contribution in [0.25, 0.3) is 0 Å². The molecular formula is C16H15NS. The molecule has 3 rings (SSSR count). The van der Waals surface area contributed by atoms with Crippen LogP contribution in [0.15, 0.2) is 48.5 Å². The molecule has 0 N–H and O–H groups in total. The Kier molecular flexibility index (Phi) is 2.88. The van der Waals surface area contributed by atoms with Crippen molar-refractivity contribution in [2.24, 2.45) is 0 Å². The number of benzene rings is 2. The zero-order valence-corrected chi connectivity index (χ0v) is 11.2. The van der Waals surface area contributed by atoms with Crippen molar-refractivity contribution >= 4 is 22.9 Å². The number of thiocarbonyl (C=S) groups is 1. The Balaban J connectivity index is 2.03. The van der Waals surface area contributed by atoms with Crippen LogP contribution in [-0.4, -0.2) is 11.5 Å². The lowest BCUT2D eigenvalue weighted by molar-refractivity contribution is 0.909. The summed E-state index contributed by atoms with van der Waals surface area (Å²) >= 11 is 5.65. The van der Waals surface area contributed by atoms with Gasteiger partial charge in [-0.05, 0) is 30.5 Å². The lowest BCUT2D eigenvalue weighted by Gasteiger charge is -2.32. The third kappa shape index (κ3) is 1.83. The second-order valence-electron chi connectivity index (χ2n) is 4.65. The molecule has 0 amide bonds. The van der Waals surface area contributed by atoms with Crippen molar-refractivity contribution in [3.8, 4) is 0 Å². The van der Waals surface area contributed by atoms with E-state index in [1.165, 1.54) is 22.4 Å². The molecule has 2 aromatic rings. The molecule has 1 aliphatic heterocycles. The molecule has 90 valence electrons. The average Bonchev–Trinajstić information content (AvgIpc) is 2.41. The number of aryl methyl sites for hydroxylation is 1. The van der Waals surface area contributed by atoms with E-state index < -0.39 is 0 Å². The number of anilines is 1. The summed E-state index contributed by atoms with van der Waals surface area (Å²) in [6.45, 7) is 3.11. The number of nitrogens with zero attached hydrogens (tertiary/aromatic N) is 1. The van der Waals surface area contributed by atoms with E-state index in [1.807, 2.05) is 0 Å². The molecule has 18 heavy (non-hydrogen) atoms. The molecule has 0 aromatic heterocycles. The first kappa shape index (κ1) is 11.4. The van der Waals surface area contributed by atoms with Gasteiger partial charge >= 0.3 is 0 Å². The second-order valence-corrected chi connectivity index (χ2v) is 5.04. The van der Waals surface area contributed by atoms with Crippen LogP contribution >= 0.6 is 12.2 Å². The van der Waals surface area contributed by atoms with Gasteiger partial charge in [0, 0.05) is 17.8 Å². The molecular weight excluding hydrogens is 238 g/mol. The quantitative estimate of drug-likeness (QED) is 0.712. The first-order valence-corrected chi connectivity index (χ1v) is 6.63. The Labute approximate surface area is 113 Å². The van der Waals surface area contributed by atoms with Crippen LogP contribution in [0.2, 0.25) is 0 Å². The molecule has 0 atom stereocenters. The maximum atomic E-state index is 5.65. The molecule has 0 fully saturated rings. The molecule has 1 heterocycles. The maximum absolute atomic E-state index is 5.65. The highest BCUT2D eigenvalue weighted by Gasteiger charge is 2.22. The first-order chi connectivity index (χ1) is 8.77. The van der Waals surface area contributed by atoms with E-state index in [-0.39, 0.29) is 0 Å². The van der Waals surface area contributed by atoms with Crippen LogP contribution in [0, 0.1) is 6.92 Å². The predicted molar refractivity (Wildman–Crippen MR) is 80.4 cm³/mol. The molecule has 0 spiro atoms. The third-order valence-electron chi connectivity index (χ3n) is 3.50. The summed E-state index contributed by atoms with van der Waals surface area (Å²) in [4.78, 5) is 3.21. The lowest BCUT2D eigenvalue weighted by atomic mass is 9.98. The van der Waals surface area contributed by atoms with Gasteiger partial charge in [-0.25, -0.2) is 0 Å². The SMILES string of the molecule is Cc1ccccc1N1CCc2ccccc2C1=S. The van der Waals surface area contributed by atoms with E-state index >= 15 is 0 Å². The molecule has 0 aliphatic carbocycles.